The number of nitrogens with two attached hydrogens (primary N) is 1. The van der Waals surface area contributed by atoms with Crippen LogP contribution in [0.5, 0.6) is 0 Å². The molecule has 90 valence electrons. The topological polar surface area (TPSA) is 115 Å². The summed E-state index contributed by atoms with van der Waals surface area (Å²) in [6.07, 6.45) is 4.75. The highest BCUT2D eigenvalue weighted by Crippen LogP contribution is 2.04. The summed E-state index contributed by atoms with van der Waals surface area (Å²) >= 11 is 0. The average Bonchev–Trinajstić information content (AvgIpc) is 2.89. The summed E-state index contributed by atoms with van der Waals surface area (Å²) in [5, 5.41) is 6.60. The number of nitrogens with zero attached hydrogens (tertiary/aromatic N) is 4. The van der Waals surface area contributed by atoms with Gasteiger partial charge in [0.2, 0.25) is 11.9 Å². The van der Waals surface area contributed by atoms with Crippen LogP contribution < -0.4 is 11.1 Å². The lowest BCUT2D eigenvalue weighted by molar-refractivity contribution is -0.122. The molecule has 0 saturated heterocycles. The van der Waals surface area contributed by atoms with Gasteiger partial charge in [0, 0.05) is 12.4 Å². The summed E-state index contributed by atoms with van der Waals surface area (Å²) in [5.41, 5.74) is 5.34. The minimum Gasteiger partial charge on any atom is -0.367 e. The second-order valence-corrected chi connectivity index (χ2v) is 3.56. The number of imidazole rings is 1. The summed E-state index contributed by atoms with van der Waals surface area (Å²) in [5.74, 6) is 0.673. The molecule has 0 aromatic carbocycles. The molecule has 2 aromatic rings. The molecule has 0 radical (unpaired) electrons. The summed E-state index contributed by atoms with van der Waals surface area (Å²) in [7, 11) is 0. The molecular formula is C9H13N7O. The molecule has 17 heavy (non-hydrogen) atoms. The van der Waals surface area contributed by atoms with E-state index in [4.69, 9.17) is 5.73 Å². The molecule has 4 N–H and O–H groups in total. The molecule has 1 unspecified atom stereocenters. The first-order valence-electron chi connectivity index (χ1n) is 5.08. The van der Waals surface area contributed by atoms with Gasteiger partial charge >= 0.3 is 0 Å². The molecule has 0 aliphatic rings. The summed E-state index contributed by atoms with van der Waals surface area (Å²) in [6.45, 7) is 1.92. The van der Waals surface area contributed by atoms with Crippen molar-refractivity contribution >= 4 is 11.9 Å². The summed E-state index contributed by atoms with van der Waals surface area (Å²) < 4.78 is 1.37. The Labute approximate surface area is 97.3 Å². The number of aromatic nitrogens is 5. The van der Waals surface area contributed by atoms with Crippen molar-refractivity contribution < 1.29 is 4.79 Å². The van der Waals surface area contributed by atoms with Crippen molar-refractivity contribution in [1.82, 2.24) is 30.0 Å². The van der Waals surface area contributed by atoms with Gasteiger partial charge in [-0.3, -0.25) is 4.79 Å². The van der Waals surface area contributed by atoms with Crippen LogP contribution in [0.2, 0.25) is 0 Å². The van der Waals surface area contributed by atoms with Gasteiger partial charge in [-0.1, -0.05) is 0 Å². The van der Waals surface area contributed by atoms with Crippen LogP contribution in [-0.4, -0.2) is 30.6 Å². The smallest absolute Gasteiger partial charge is 0.242 e. The first-order chi connectivity index (χ1) is 8.15. The molecule has 0 aliphatic carbocycles. The number of H-pyrrole nitrogens is 1. The van der Waals surface area contributed by atoms with Gasteiger partial charge in [0.15, 0.2) is 0 Å². The van der Waals surface area contributed by atoms with Gasteiger partial charge in [-0.05, 0) is 6.92 Å². The van der Waals surface area contributed by atoms with Crippen molar-refractivity contribution in [2.24, 2.45) is 0 Å². The van der Waals surface area contributed by atoms with Crippen molar-refractivity contribution in [3.05, 3.63) is 24.5 Å². The van der Waals surface area contributed by atoms with Crippen LogP contribution in [-0.2, 0) is 11.3 Å². The zero-order valence-electron chi connectivity index (χ0n) is 9.29. The van der Waals surface area contributed by atoms with Crippen molar-refractivity contribution in [3.8, 4) is 0 Å². The maximum Gasteiger partial charge on any atom is 0.242 e. The van der Waals surface area contributed by atoms with Crippen LogP contribution in [0.1, 0.15) is 18.8 Å². The highest BCUT2D eigenvalue weighted by molar-refractivity contribution is 5.75. The van der Waals surface area contributed by atoms with Crippen LogP contribution in [0.4, 0.5) is 5.95 Å². The number of nitrogen functional groups attached to an aromatic ring is 1. The predicted octanol–water partition coefficient (Wildman–Crippen LogP) is -0.539. The fraction of sp³-hybridized carbons (Fsp3) is 0.333. The van der Waals surface area contributed by atoms with E-state index in [0.717, 1.165) is 0 Å². The van der Waals surface area contributed by atoms with E-state index in [9.17, 15) is 4.79 Å². The van der Waals surface area contributed by atoms with Crippen molar-refractivity contribution in [2.45, 2.75) is 19.5 Å². The van der Waals surface area contributed by atoms with Gasteiger partial charge in [0.1, 0.15) is 18.7 Å². The van der Waals surface area contributed by atoms with Gasteiger partial charge in [-0.25, -0.2) is 14.6 Å². The second kappa shape index (κ2) is 4.64. The number of hydrogen-bond donors (Lipinski definition) is 3. The van der Waals surface area contributed by atoms with E-state index in [2.05, 4.69) is 25.4 Å². The third-order valence-electron chi connectivity index (χ3n) is 2.17. The van der Waals surface area contributed by atoms with E-state index in [1.165, 1.54) is 11.0 Å². The van der Waals surface area contributed by atoms with E-state index in [-0.39, 0.29) is 24.4 Å². The highest BCUT2D eigenvalue weighted by Gasteiger charge is 2.12. The SMILES string of the molecule is CC(NC(=O)Cn1cnc(N)n1)c1ncc[nH]1. The molecule has 1 atom stereocenters. The van der Waals surface area contributed by atoms with E-state index in [1.807, 2.05) is 6.92 Å². The lowest BCUT2D eigenvalue weighted by atomic mass is 10.3. The van der Waals surface area contributed by atoms with Gasteiger partial charge in [0.25, 0.3) is 0 Å². The highest BCUT2D eigenvalue weighted by atomic mass is 16.2. The van der Waals surface area contributed by atoms with Crippen LogP contribution in [0, 0.1) is 0 Å². The predicted molar refractivity (Wildman–Crippen MR) is 59.6 cm³/mol. The Kier molecular flexibility index (Phi) is 3.03. The maximum absolute atomic E-state index is 11.6. The third kappa shape index (κ3) is 2.80. The summed E-state index contributed by atoms with van der Waals surface area (Å²) in [6, 6.07) is -0.182. The molecule has 8 heteroatoms. The number of amides is 1. The Morgan fingerprint density at radius 3 is 3.06 bits per heavy atom. The van der Waals surface area contributed by atoms with Crippen molar-refractivity contribution in [2.75, 3.05) is 5.73 Å². The Bertz CT molecular complexity index is 489. The molecule has 2 aromatic heterocycles. The van der Waals surface area contributed by atoms with Gasteiger partial charge in [-0.2, -0.15) is 0 Å². The van der Waals surface area contributed by atoms with Crippen LogP contribution in [0.3, 0.4) is 0 Å². The zero-order valence-corrected chi connectivity index (χ0v) is 9.29. The Balaban J connectivity index is 1.89. The zero-order chi connectivity index (χ0) is 12.3. The Morgan fingerprint density at radius 1 is 1.65 bits per heavy atom. The quantitative estimate of drug-likeness (QED) is 0.658. The fourth-order valence-corrected chi connectivity index (χ4v) is 1.40. The van der Waals surface area contributed by atoms with E-state index < -0.39 is 0 Å². The molecule has 1 amide bonds. The molecule has 8 nitrogen and oxygen atoms in total. The molecule has 0 saturated carbocycles. The number of rotatable bonds is 4. The van der Waals surface area contributed by atoms with Crippen LogP contribution in [0.25, 0.3) is 0 Å². The number of hydrogen-bond acceptors (Lipinski definition) is 5. The minimum atomic E-state index is -0.182. The Morgan fingerprint density at radius 2 is 2.47 bits per heavy atom. The number of carbonyl (C=O) groups excluding carboxylic acids is 1. The van der Waals surface area contributed by atoms with Crippen LogP contribution >= 0.6 is 0 Å². The molecule has 0 fully saturated rings. The van der Waals surface area contributed by atoms with Gasteiger partial charge < -0.3 is 16.0 Å². The van der Waals surface area contributed by atoms with Crippen LogP contribution in [0.15, 0.2) is 18.7 Å². The number of anilines is 1. The molecule has 0 spiro atoms. The maximum atomic E-state index is 11.6. The number of aromatic amines is 1. The molecule has 0 aliphatic heterocycles. The normalized spacial score (nSPS) is 12.3. The Hall–Kier alpha value is -2.38. The molecule has 2 rings (SSSR count). The third-order valence-corrected chi connectivity index (χ3v) is 2.17. The standard InChI is InChI=1S/C9H13N7O/c1-6(8-11-2-3-12-8)14-7(17)4-16-5-13-9(10)15-16/h2-3,5-6H,4H2,1H3,(H2,10,15)(H,11,12)(H,14,17). The number of nitrogens with one attached hydrogen (secondary N) is 2. The van der Waals surface area contributed by atoms with Gasteiger partial charge in [-0.15, -0.1) is 5.10 Å². The van der Waals surface area contributed by atoms with Gasteiger partial charge in [0.05, 0.1) is 6.04 Å². The molecule has 0 bridgehead atoms. The average molecular weight is 235 g/mol. The minimum absolute atomic E-state index is 0.0786. The number of carbonyl (C=O) groups is 1. The second-order valence-electron chi connectivity index (χ2n) is 3.56. The summed E-state index contributed by atoms with van der Waals surface area (Å²) in [4.78, 5) is 22.4. The monoisotopic (exact) mass is 235 g/mol. The lowest BCUT2D eigenvalue weighted by Crippen LogP contribution is -2.30. The van der Waals surface area contributed by atoms with E-state index >= 15 is 0 Å². The van der Waals surface area contributed by atoms with E-state index in [0.29, 0.717) is 5.82 Å². The first kappa shape index (κ1) is 11.1. The first-order valence-corrected chi connectivity index (χ1v) is 5.08. The van der Waals surface area contributed by atoms with Crippen molar-refractivity contribution in [3.63, 3.8) is 0 Å². The molecule has 2 heterocycles. The molecular weight excluding hydrogens is 222 g/mol. The van der Waals surface area contributed by atoms with Crippen molar-refractivity contribution in [1.29, 1.82) is 0 Å². The largest absolute Gasteiger partial charge is 0.367 e. The van der Waals surface area contributed by atoms with E-state index in [1.54, 1.807) is 12.4 Å². The fourth-order valence-electron chi connectivity index (χ4n) is 1.40. The lowest BCUT2D eigenvalue weighted by Gasteiger charge is -2.10.